The van der Waals surface area contributed by atoms with E-state index in [0.29, 0.717) is 24.3 Å². The van der Waals surface area contributed by atoms with Crippen molar-refractivity contribution in [3.63, 3.8) is 0 Å². The number of rotatable bonds is 6. The van der Waals surface area contributed by atoms with Crippen LogP contribution in [0, 0.1) is 5.92 Å². The highest BCUT2D eigenvalue weighted by Crippen LogP contribution is 2.27. The monoisotopic (exact) mass is 324 g/mol. The summed E-state index contributed by atoms with van der Waals surface area (Å²) in [4.78, 5) is 13.2. The SMILES string of the molecule is CCOc1ncccc1-c1ccc(-c2nc(CC(C)C)no2)cn1. The zero-order chi connectivity index (χ0) is 16.9. The van der Waals surface area contributed by atoms with Crippen molar-refractivity contribution in [2.24, 2.45) is 5.92 Å². The predicted octanol–water partition coefficient (Wildman–Crippen LogP) is 3.79. The molecule has 0 fully saturated rings. The van der Waals surface area contributed by atoms with Crippen LogP contribution in [0.4, 0.5) is 0 Å². The van der Waals surface area contributed by atoms with Crippen molar-refractivity contribution in [3.05, 3.63) is 42.5 Å². The summed E-state index contributed by atoms with van der Waals surface area (Å²) in [7, 11) is 0. The van der Waals surface area contributed by atoms with Crippen LogP contribution in [0.15, 0.2) is 41.2 Å². The van der Waals surface area contributed by atoms with Gasteiger partial charge < -0.3 is 9.26 Å². The van der Waals surface area contributed by atoms with Crippen LogP contribution in [0.5, 0.6) is 5.88 Å². The molecule has 0 spiro atoms. The fourth-order valence-electron chi connectivity index (χ4n) is 2.34. The van der Waals surface area contributed by atoms with Crippen LogP contribution in [-0.4, -0.2) is 26.7 Å². The van der Waals surface area contributed by atoms with Gasteiger partial charge in [-0.05, 0) is 37.1 Å². The first kappa shape index (κ1) is 16.1. The molecule has 24 heavy (non-hydrogen) atoms. The predicted molar refractivity (Wildman–Crippen MR) is 90.5 cm³/mol. The first-order valence-electron chi connectivity index (χ1n) is 8.04. The van der Waals surface area contributed by atoms with E-state index < -0.39 is 0 Å². The molecular weight excluding hydrogens is 304 g/mol. The minimum absolute atomic E-state index is 0.485. The van der Waals surface area contributed by atoms with Gasteiger partial charge in [0.25, 0.3) is 5.89 Å². The molecule has 0 saturated heterocycles. The molecule has 3 rings (SSSR count). The van der Waals surface area contributed by atoms with Crippen molar-refractivity contribution in [2.45, 2.75) is 27.2 Å². The summed E-state index contributed by atoms with van der Waals surface area (Å²) in [5, 5.41) is 4.01. The third kappa shape index (κ3) is 3.59. The summed E-state index contributed by atoms with van der Waals surface area (Å²) < 4.78 is 10.9. The van der Waals surface area contributed by atoms with E-state index in [9.17, 15) is 0 Å². The van der Waals surface area contributed by atoms with Gasteiger partial charge >= 0.3 is 0 Å². The average Bonchev–Trinajstić information content (AvgIpc) is 3.04. The number of ether oxygens (including phenoxy) is 1. The van der Waals surface area contributed by atoms with E-state index >= 15 is 0 Å². The molecule has 6 nitrogen and oxygen atoms in total. The average molecular weight is 324 g/mol. The minimum atomic E-state index is 0.485. The molecule has 0 bridgehead atoms. The summed E-state index contributed by atoms with van der Waals surface area (Å²) in [6.07, 6.45) is 4.23. The van der Waals surface area contributed by atoms with Gasteiger partial charge in [0.1, 0.15) is 0 Å². The third-order valence-corrected chi connectivity index (χ3v) is 3.40. The van der Waals surface area contributed by atoms with E-state index in [1.165, 1.54) is 0 Å². The van der Waals surface area contributed by atoms with Gasteiger partial charge in [0.2, 0.25) is 5.88 Å². The van der Waals surface area contributed by atoms with E-state index in [-0.39, 0.29) is 0 Å². The van der Waals surface area contributed by atoms with Crippen LogP contribution in [0.25, 0.3) is 22.7 Å². The molecule has 3 aromatic rings. The van der Waals surface area contributed by atoms with Gasteiger partial charge in [-0.3, -0.25) is 4.98 Å². The molecule has 6 heteroatoms. The number of pyridine rings is 2. The Morgan fingerprint density at radius 1 is 1.17 bits per heavy atom. The van der Waals surface area contributed by atoms with Crippen molar-refractivity contribution in [3.8, 4) is 28.6 Å². The van der Waals surface area contributed by atoms with Gasteiger partial charge in [-0.1, -0.05) is 19.0 Å². The normalized spacial score (nSPS) is 11.0. The molecule has 0 atom stereocenters. The second-order valence-corrected chi connectivity index (χ2v) is 5.83. The van der Waals surface area contributed by atoms with E-state index in [1.807, 2.05) is 31.2 Å². The molecule has 0 saturated carbocycles. The van der Waals surface area contributed by atoms with Gasteiger partial charge in [0.15, 0.2) is 5.82 Å². The van der Waals surface area contributed by atoms with Crippen molar-refractivity contribution >= 4 is 0 Å². The first-order chi connectivity index (χ1) is 11.7. The van der Waals surface area contributed by atoms with Crippen molar-refractivity contribution in [1.82, 2.24) is 20.1 Å². The Labute approximate surface area is 140 Å². The van der Waals surface area contributed by atoms with Crippen LogP contribution in [0.2, 0.25) is 0 Å². The number of hydrogen-bond acceptors (Lipinski definition) is 6. The van der Waals surface area contributed by atoms with Crippen molar-refractivity contribution in [1.29, 1.82) is 0 Å². The summed E-state index contributed by atoms with van der Waals surface area (Å²) in [5.41, 5.74) is 2.44. The molecule has 3 aromatic heterocycles. The smallest absolute Gasteiger partial charge is 0.259 e. The van der Waals surface area contributed by atoms with Crippen LogP contribution in [-0.2, 0) is 6.42 Å². The molecule has 0 aliphatic carbocycles. The summed E-state index contributed by atoms with van der Waals surface area (Å²) in [6, 6.07) is 7.62. The van der Waals surface area contributed by atoms with E-state index in [2.05, 4.69) is 34.0 Å². The fourth-order valence-corrected chi connectivity index (χ4v) is 2.34. The second kappa shape index (κ2) is 7.21. The van der Waals surface area contributed by atoms with Gasteiger partial charge in [-0.25, -0.2) is 4.98 Å². The number of nitrogens with zero attached hydrogens (tertiary/aromatic N) is 4. The largest absolute Gasteiger partial charge is 0.477 e. The number of hydrogen-bond donors (Lipinski definition) is 0. The maximum atomic E-state index is 5.55. The molecule has 0 N–H and O–H groups in total. The van der Waals surface area contributed by atoms with Crippen LogP contribution >= 0.6 is 0 Å². The summed E-state index contributed by atoms with van der Waals surface area (Å²) in [5.74, 6) is 2.27. The van der Waals surface area contributed by atoms with Gasteiger partial charge in [0, 0.05) is 18.8 Å². The van der Waals surface area contributed by atoms with E-state index in [0.717, 1.165) is 29.1 Å². The number of aromatic nitrogens is 4. The lowest BCUT2D eigenvalue weighted by molar-refractivity contribution is 0.328. The standard InChI is InChI=1S/C18H20N4O2/c1-4-23-18-14(6-5-9-19-18)15-8-7-13(11-20-15)17-21-16(22-24-17)10-12(2)3/h5-9,11-12H,4,10H2,1-3H3. The molecule has 124 valence electrons. The van der Waals surface area contributed by atoms with Gasteiger partial charge in [0.05, 0.1) is 23.4 Å². The first-order valence-corrected chi connectivity index (χ1v) is 8.04. The maximum Gasteiger partial charge on any atom is 0.259 e. The van der Waals surface area contributed by atoms with E-state index in [4.69, 9.17) is 9.26 Å². The maximum absolute atomic E-state index is 5.55. The molecule has 0 radical (unpaired) electrons. The molecule has 0 unspecified atom stereocenters. The molecule has 3 heterocycles. The van der Waals surface area contributed by atoms with Crippen LogP contribution in [0.3, 0.4) is 0 Å². The van der Waals surface area contributed by atoms with Crippen molar-refractivity contribution in [2.75, 3.05) is 6.61 Å². The lowest BCUT2D eigenvalue weighted by atomic mass is 10.1. The molecule has 0 amide bonds. The highest BCUT2D eigenvalue weighted by Gasteiger charge is 2.12. The molecular formula is C18H20N4O2. The van der Waals surface area contributed by atoms with Crippen LogP contribution in [0.1, 0.15) is 26.6 Å². The highest BCUT2D eigenvalue weighted by atomic mass is 16.5. The van der Waals surface area contributed by atoms with Gasteiger partial charge in [-0.2, -0.15) is 4.98 Å². The Morgan fingerprint density at radius 3 is 2.75 bits per heavy atom. The molecule has 0 aliphatic rings. The third-order valence-electron chi connectivity index (χ3n) is 3.40. The summed E-state index contributed by atoms with van der Waals surface area (Å²) >= 11 is 0. The Balaban J connectivity index is 1.85. The zero-order valence-electron chi connectivity index (χ0n) is 14.1. The minimum Gasteiger partial charge on any atom is -0.477 e. The lowest BCUT2D eigenvalue weighted by Crippen LogP contribution is -1.97. The zero-order valence-corrected chi connectivity index (χ0v) is 14.1. The quantitative estimate of drug-likeness (QED) is 0.687. The Bertz CT molecular complexity index is 797. The Kier molecular flexibility index (Phi) is 4.84. The van der Waals surface area contributed by atoms with Crippen LogP contribution < -0.4 is 4.74 Å². The van der Waals surface area contributed by atoms with E-state index in [1.54, 1.807) is 12.4 Å². The topological polar surface area (TPSA) is 73.9 Å². The Hall–Kier alpha value is -2.76. The lowest BCUT2D eigenvalue weighted by Gasteiger charge is -2.08. The van der Waals surface area contributed by atoms with Crippen molar-refractivity contribution < 1.29 is 9.26 Å². The molecule has 0 aliphatic heterocycles. The Morgan fingerprint density at radius 2 is 2.04 bits per heavy atom. The highest BCUT2D eigenvalue weighted by molar-refractivity contribution is 5.66. The summed E-state index contributed by atoms with van der Waals surface area (Å²) in [6.45, 7) is 6.73. The second-order valence-electron chi connectivity index (χ2n) is 5.83. The fraction of sp³-hybridized carbons (Fsp3) is 0.333. The van der Waals surface area contributed by atoms with Gasteiger partial charge in [-0.15, -0.1) is 0 Å². The molecule has 0 aromatic carbocycles.